The molecule has 0 bridgehead atoms. The average Bonchev–Trinajstić information content (AvgIpc) is 2.18. The standard InChI is InChI=1S/C9H14N4O2/c1-6(2)5-13-7(11-10)4-8(14)12(3)9(13)15/h4,11H,1,5,10H2,2-3H3. The summed E-state index contributed by atoms with van der Waals surface area (Å²) in [6, 6.07) is 1.27. The molecule has 6 nitrogen and oxygen atoms in total. The zero-order valence-corrected chi connectivity index (χ0v) is 8.78. The monoisotopic (exact) mass is 210 g/mol. The van der Waals surface area contributed by atoms with Crippen molar-refractivity contribution in [3.05, 3.63) is 39.1 Å². The lowest BCUT2D eigenvalue weighted by atomic mass is 10.3. The van der Waals surface area contributed by atoms with Crippen LogP contribution in [0.3, 0.4) is 0 Å². The number of hydrogen-bond donors (Lipinski definition) is 2. The van der Waals surface area contributed by atoms with E-state index in [0.717, 1.165) is 10.1 Å². The van der Waals surface area contributed by atoms with Crippen molar-refractivity contribution >= 4 is 5.82 Å². The van der Waals surface area contributed by atoms with Gasteiger partial charge in [-0.25, -0.2) is 10.6 Å². The number of hydrogen-bond acceptors (Lipinski definition) is 4. The van der Waals surface area contributed by atoms with E-state index in [0.29, 0.717) is 6.54 Å². The summed E-state index contributed by atoms with van der Waals surface area (Å²) < 4.78 is 2.37. The number of allylic oxidation sites excluding steroid dienone is 1. The van der Waals surface area contributed by atoms with Gasteiger partial charge in [0.1, 0.15) is 5.82 Å². The number of nitrogen functional groups attached to an aromatic ring is 1. The van der Waals surface area contributed by atoms with Gasteiger partial charge in [0.05, 0.1) is 0 Å². The number of hydrazine groups is 1. The Balaban J connectivity index is 3.47. The van der Waals surface area contributed by atoms with E-state index in [2.05, 4.69) is 12.0 Å². The van der Waals surface area contributed by atoms with Crippen molar-refractivity contribution in [2.45, 2.75) is 13.5 Å². The van der Waals surface area contributed by atoms with Crippen LogP contribution in [0, 0.1) is 0 Å². The van der Waals surface area contributed by atoms with E-state index >= 15 is 0 Å². The summed E-state index contributed by atoms with van der Waals surface area (Å²) in [5.41, 5.74) is 2.30. The minimum Gasteiger partial charge on any atom is -0.310 e. The number of anilines is 1. The Morgan fingerprint density at radius 1 is 1.60 bits per heavy atom. The van der Waals surface area contributed by atoms with Crippen LogP contribution in [0.2, 0.25) is 0 Å². The molecule has 1 heterocycles. The maximum absolute atomic E-state index is 11.7. The summed E-state index contributed by atoms with van der Waals surface area (Å²) in [6.45, 7) is 5.82. The van der Waals surface area contributed by atoms with E-state index in [4.69, 9.17) is 5.84 Å². The van der Waals surface area contributed by atoms with Crippen molar-refractivity contribution in [3.63, 3.8) is 0 Å². The number of nitrogens with two attached hydrogens (primary N) is 1. The fourth-order valence-electron chi connectivity index (χ4n) is 1.21. The molecule has 15 heavy (non-hydrogen) atoms. The summed E-state index contributed by atoms with van der Waals surface area (Å²) in [7, 11) is 1.42. The molecule has 1 rings (SSSR count). The molecule has 3 N–H and O–H groups in total. The highest BCUT2D eigenvalue weighted by molar-refractivity contribution is 5.32. The molecule has 1 aromatic rings. The molecule has 6 heteroatoms. The zero-order chi connectivity index (χ0) is 11.6. The van der Waals surface area contributed by atoms with Gasteiger partial charge < -0.3 is 5.43 Å². The molecule has 0 atom stereocenters. The quantitative estimate of drug-likeness (QED) is 0.397. The molecule has 0 amide bonds. The van der Waals surface area contributed by atoms with Gasteiger partial charge in [0.15, 0.2) is 0 Å². The van der Waals surface area contributed by atoms with Crippen LogP contribution in [0.1, 0.15) is 6.92 Å². The van der Waals surface area contributed by atoms with E-state index in [1.165, 1.54) is 17.7 Å². The highest BCUT2D eigenvalue weighted by Crippen LogP contribution is 2.01. The molecule has 82 valence electrons. The van der Waals surface area contributed by atoms with Gasteiger partial charge in [0.2, 0.25) is 0 Å². The number of rotatable bonds is 3. The summed E-state index contributed by atoms with van der Waals surface area (Å²) in [6.07, 6.45) is 0. The van der Waals surface area contributed by atoms with E-state index < -0.39 is 11.2 Å². The van der Waals surface area contributed by atoms with Gasteiger partial charge in [-0.15, -0.1) is 0 Å². The third-order valence-electron chi connectivity index (χ3n) is 1.98. The molecule has 0 fully saturated rings. The van der Waals surface area contributed by atoms with Crippen LogP contribution in [-0.4, -0.2) is 9.13 Å². The second-order valence-corrected chi connectivity index (χ2v) is 3.40. The molecule has 0 aliphatic carbocycles. The number of nitrogens with zero attached hydrogens (tertiary/aromatic N) is 2. The van der Waals surface area contributed by atoms with Gasteiger partial charge in [-0.1, -0.05) is 12.2 Å². The first-order chi connectivity index (χ1) is 6.97. The molecule has 0 aromatic carbocycles. The van der Waals surface area contributed by atoms with Gasteiger partial charge >= 0.3 is 5.69 Å². The maximum atomic E-state index is 11.7. The predicted molar refractivity (Wildman–Crippen MR) is 58.6 cm³/mol. The van der Waals surface area contributed by atoms with Gasteiger partial charge in [-0.3, -0.25) is 13.9 Å². The van der Waals surface area contributed by atoms with Crippen LogP contribution in [0.5, 0.6) is 0 Å². The molecule has 0 aliphatic heterocycles. The summed E-state index contributed by atoms with van der Waals surface area (Å²) in [5.74, 6) is 5.51. The van der Waals surface area contributed by atoms with Crippen molar-refractivity contribution in [1.82, 2.24) is 9.13 Å². The first-order valence-corrected chi connectivity index (χ1v) is 4.39. The summed E-state index contributed by atoms with van der Waals surface area (Å²) in [5, 5.41) is 0. The van der Waals surface area contributed by atoms with Crippen LogP contribution in [0.4, 0.5) is 5.82 Å². The van der Waals surface area contributed by atoms with Crippen LogP contribution < -0.4 is 22.5 Å². The Bertz CT molecular complexity index is 498. The van der Waals surface area contributed by atoms with Crippen molar-refractivity contribution in [1.29, 1.82) is 0 Å². The van der Waals surface area contributed by atoms with E-state index in [1.54, 1.807) is 6.92 Å². The van der Waals surface area contributed by atoms with Crippen LogP contribution in [-0.2, 0) is 13.6 Å². The molecule has 0 saturated heterocycles. The van der Waals surface area contributed by atoms with Gasteiger partial charge in [-0.05, 0) is 6.92 Å². The van der Waals surface area contributed by atoms with E-state index in [9.17, 15) is 9.59 Å². The zero-order valence-electron chi connectivity index (χ0n) is 8.78. The average molecular weight is 210 g/mol. The second-order valence-electron chi connectivity index (χ2n) is 3.40. The molecule has 0 saturated carbocycles. The van der Waals surface area contributed by atoms with Crippen molar-refractivity contribution in [3.8, 4) is 0 Å². The lowest BCUT2D eigenvalue weighted by molar-refractivity contribution is 0.646. The fraction of sp³-hybridized carbons (Fsp3) is 0.333. The summed E-state index contributed by atoms with van der Waals surface area (Å²) >= 11 is 0. The first kappa shape index (κ1) is 11.3. The molecule has 0 spiro atoms. The van der Waals surface area contributed by atoms with E-state index in [-0.39, 0.29) is 5.82 Å². The Hall–Kier alpha value is -1.82. The van der Waals surface area contributed by atoms with Crippen molar-refractivity contribution in [2.75, 3.05) is 5.43 Å². The normalized spacial score (nSPS) is 10.1. The SMILES string of the molecule is C=C(C)Cn1c(NN)cc(=O)n(C)c1=O. The van der Waals surface area contributed by atoms with Crippen LogP contribution in [0.15, 0.2) is 27.8 Å². The molecule has 0 aliphatic rings. The minimum absolute atomic E-state index is 0.283. The van der Waals surface area contributed by atoms with E-state index in [1.807, 2.05) is 0 Å². The Morgan fingerprint density at radius 2 is 2.20 bits per heavy atom. The highest BCUT2D eigenvalue weighted by atomic mass is 16.2. The number of nitrogens with one attached hydrogen (secondary N) is 1. The minimum atomic E-state index is -0.418. The molecule has 0 unspecified atom stereocenters. The van der Waals surface area contributed by atoms with Crippen LogP contribution in [0.25, 0.3) is 0 Å². The largest absolute Gasteiger partial charge is 0.332 e. The first-order valence-electron chi connectivity index (χ1n) is 4.39. The Kier molecular flexibility index (Phi) is 3.11. The molecule has 0 radical (unpaired) electrons. The molecule has 1 aromatic heterocycles. The van der Waals surface area contributed by atoms with Gasteiger partial charge in [0.25, 0.3) is 5.56 Å². The highest BCUT2D eigenvalue weighted by Gasteiger charge is 2.07. The molecular weight excluding hydrogens is 196 g/mol. The topological polar surface area (TPSA) is 82.1 Å². The molecular formula is C9H14N4O2. The van der Waals surface area contributed by atoms with Gasteiger partial charge in [-0.2, -0.15) is 0 Å². The Morgan fingerprint density at radius 3 is 2.67 bits per heavy atom. The van der Waals surface area contributed by atoms with Gasteiger partial charge in [0, 0.05) is 19.7 Å². The smallest absolute Gasteiger partial charge is 0.310 e. The predicted octanol–water partition coefficient (Wildman–Crippen LogP) is -0.591. The lowest BCUT2D eigenvalue weighted by Gasteiger charge is -2.12. The maximum Gasteiger partial charge on any atom is 0.332 e. The third-order valence-corrected chi connectivity index (χ3v) is 1.98. The number of aromatic nitrogens is 2. The Labute approximate surface area is 86.6 Å². The third kappa shape index (κ3) is 2.16. The lowest BCUT2D eigenvalue weighted by Crippen LogP contribution is -2.39. The van der Waals surface area contributed by atoms with Crippen LogP contribution >= 0.6 is 0 Å². The second kappa shape index (κ2) is 4.14. The fourth-order valence-corrected chi connectivity index (χ4v) is 1.21. The summed E-state index contributed by atoms with van der Waals surface area (Å²) in [4.78, 5) is 23.0. The van der Waals surface area contributed by atoms with Crippen molar-refractivity contribution < 1.29 is 0 Å². The van der Waals surface area contributed by atoms with Crippen molar-refractivity contribution in [2.24, 2.45) is 12.9 Å².